The maximum absolute atomic E-state index is 12.5. The summed E-state index contributed by atoms with van der Waals surface area (Å²) in [5.41, 5.74) is 1.53. The summed E-state index contributed by atoms with van der Waals surface area (Å²) in [6.07, 6.45) is 5.81. The molecule has 1 aromatic carbocycles. The second kappa shape index (κ2) is 6.34. The van der Waals surface area contributed by atoms with Gasteiger partial charge in [-0.15, -0.1) is 0 Å². The Kier molecular flexibility index (Phi) is 4.69. The van der Waals surface area contributed by atoms with Crippen molar-refractivity contribution in [3.63, 3.8) is 0 Å². The molecule has 1 aromatic heterocycles. The fraction of sp³-hybridized carbons (Fsp3) is 0.444. The van der Waals surface area contributed by atoms with Crippen LogP contribution in [0.2, 0.25) is 0 Å². The number of benzene rings is 1. The van der Waals surface area contributed by atoms with E-state index in [9.17, 15) is 4.79 Å². The Bertz CT molecular complexity index is 653. The minimum Gasteiger partial charge on any atom is -0.459 e. The first-order valence-electron chi connectivity index (χ1n) is 7.57. The van der Waals surface area contributed by atoms with Crippen molar-refractivity contribution in [2.24, 2.45) is 12.5 Å². The number of aromatic nitrogens is 2. The molecular weight excluding hydrogens is 276 g/mol. The lowest BCUT2D eigenvalue weighted by molar-refractivity contribution is -0.687. The third-order valence-electron chi connectivity index (χ3n) is 3.92. The fourth-order valence-electron chi connectivity index (χ4n) is 2.05. The average molecular weight is 301 g/mol. The Hall–Kier alpha value is -2.10. The van der Waals surface area contributed by atoms with Crippen LogP contribution in [0, 0.1) is 5.41 Å². The van der Waals surface area contributed by atoms with E-state index in [4.69, 9.17) is 4.74 Å². The highest BCUT2D eigenvalue weighted by Gasteiger charge is 2.25. The third-order valence-corrected chi connectivity index (χ3v) is 3.92. The molecule has 0 saturated carbocycles. The van der Waals surface area contributed by atoms with Gasteiger partial charge in [0.2, 0.25) is 6.33 Å². The molecular formula is C18H25N2O2+. The highest BCUT2D eigenvalue weighted by molar-refractivity contribution is 5.91. The molecule has 22 heavy (non-hydrogen) atoms. The van der Waals surface area contributed by atoms with Gasteiger partial charge < -0.3 is 4.74 Å². The van der Waals surface area contributed by atoms with Gasteiger partial charge in [0.25, 0.3) is 0 Å². The molecule has 0 N–H and O–H groups in total. The summed E-state index contributed by atoms with van der Waals surface area (Å²) in [4.78, 5) is 12.5. The van der Waals surface area contributed by atoms with Crippen molar-refractivity contribution < 1.29 is 14.1 Å². The zero-order valence-corrected chi connectivity index (χ0v) is 14.0. The van der Waals surface area contributed by atoms with Crippen LogP contribution in [0.4, 0.5) is 0 Å². The van der Waals surface area contributed by atoms with Crippen LogP contribution in [0.5, 0.6) is 0 Å². The summed E-state index contributed by atoms with van der Waals surface area (Å²) in [5.74, 6) is -0.255. The maximum Gasteiger partial charge on any atom is 0.338 e. The van der Waals surface area contributed by atoms with Crippen LogP contribution < -0.4 is 4.57 Å². The molecule has 4 heteroatoms. The molecule has 0 aliphatic heterocycles. The minimum absolute atomic E-state index is 0.0707. The summed E-state index contributed by atoms with van der Waals surface area (Å²) >= 11 is 0. The molecule has 0 amide bonds. The molecule has 0 aliphatic rings. The predicted octanol–water partition coefficient (Wildman–Crippen LogP) is 2.95. The van der Waals surface area contributed by atoms with Crippen molar-refractivity contribution in [2.75, 3.05) is 0 Å². The highest BCUT2D eigenvalue weighted by atomic mass is 16.5. The smallest absolute Gasteiger partial charge is 0.338 e. The number of hydrogen-bond acceptors (Lipinski definition) is 2. The van der Waals surface area contributed by atoms with Gasteiger partial charge in [-0.2, -0.15) is 0 Å². The van der Waals surface area contributed by atoms with E-state index in [2.05, 4.69) is 20.8 Å². The van der Waals surface area contributed by atoms with E-state index in [1.807, 2.05) is 66.1 Å². The molecule has 2 rings (SSSR count). The number of esters is 1. The number of imidazole rings is 1. The molecule has 1 atom stereocenters. The Balaban J connectivity index is 2.19. The summed E-state index contributed by atoms with van der Waals surface area (Å²) in [6, 6.07) is 7.62. The monoisotopic (exact) mass is 301 g/mol. The van der Waals surface area contributed by atoms with Crippen molar-refractivity contribution in [3.8, 4) is 0 Å². The Labute approximate surface area is 132 Å². The zero-order valence-electron chi connectivity index (χ0n) is 14.0. The Morgan fingerprint density at radius 3 is 2.59 bits per heavy atom. The third kappa shape index (κ3) is 3.97. The molecule has 0 radical (unpaired) electrons. The van der Waals surface area contributed by atoms with Gasteiger partial charge in [0.05, 0.1) is 12.6 Å². The summed E-state index contributed by atoms with van der Waals surface area (Å²) in [5, 5.41) is 0. The van der Waals surface area contributed by atoms with Crippen molar-refractivity contribution in [1.82, 2.24) is 4.57 Å². The predicted molar refractivity (Wildman–Crippen MR) is 85.5 cm³/mol. The molecule has 0 saturated heterocycles. The average Bonchev–Trinajstić information content (AvgIpc) is 2.83. The van der Waals surface area contributed by atoms with Crippen molar-refractivity contribution in [3.05, 3.63) is 54.1 Å². The number of nitrogens with zero attached hydrogens (tertiary/aromatic N) is 2. The molecule has 4 nitrogen and oxygen atoms in total. The van der Waals surface area contributed by atoms with Crippen LogP contribution in [-0.2, 0) is 18.3 Å². The fourth-order valence-corrected chi connectivity index (χ4v) is 2.05. The second-order valence-electron chi connectivity index (χ2n) is 6.82. The standard InChI is InChI=1S/C18H25N2O2/c1-14(18(2,3)4)22-17(21)16-9-7-6-8-15(16)12-20-11-10-19(5)13-20/h6-11,13-14H,12H2,1-5H3/q+1/t14-/m1/s1. The van der Waals surface area contributed by atoms with Gasteiger partial charge in [0.15, 0.2) is 0 Å². The van der Waals surface area contributed by atoms with E-state index in [0.29, 0.717) is 12.1 Å². The number of carbonyl (C=O) groups excluding carboxylic acids is 1. The molecule has 2 aromatic rings. The number of ether oxygens (including phenoxy) is 1. The van der Waals surface area contributed by atoms with Gasteiger partial charge in [0.1, 0.15) is 25.0 Å². The van der Waals surface area contributed by atoms with Gasteiger partial charge >= 0.3 is 5.97 Å². The Morgan fingerprint density at radius 1 is 1.32 bits per heavy atom. The van der Waals surface area contributed by atoms with Gasteiger partial charge in [-0.25, -0.2) is 13.9 Å². The Morgan fingerprint density at radius 2 is 2.00 bits per heavy atom. The summed E-state index contributed by atoms with van der Waals surface area (Å²) in [6.45, 7) is 8.78. The van der Waals surface area contributed by atoms with Crippen LogP contribution in [0.1, 0.15) is 43.6 Å². The molecule has 118 valence electrons. The van der Waals surface area contributed by atoms with E-state index < -0.39 is 0 Å². The van der Waals surface area contributed by atoms with Crippen LogP contribution in [0.15, 0.2) is 43.0 Å². The van der Waals surface area contributed by atoms with Gasteiger partial charge in [0, 0.05) is 5.56 Å². The second-order valence-corrected chi connectivity index (χ2v) is 6.82. The molecule has 0 unspecified atom stereocenters. The first-order valence-corrected chi connectivity index (χ1v) is 7.57. The van der Waals surface area contributed by atoms with Crippen LogP contribution >= 0.6 is 0 Å². The lowest BCUT2D eigenvalue weighted by atomic mass is 9.90. The van der Waals surface area contributed by atoms with Gasteiger partial charge in [-0.3, -0.25) is 0 Å². The van der Waals surface area contributed by atoms with E-state index in [1.54, 1.807) is 0 Å². The van der Waals surface area contributed by atoms with Crippen LogP contribution in [0.25, 0.3) is 0 Å². The highest BCUT2D eigenvalue weighted by Crippen LogP contribution is 2.23. The topological polar surface area (TPSA) is 35.1 Å². The first-order chi connectivity index (χ1) is 10.3. The lowest BCUT2D eigenvalue weighted by Gasteiger charge is -2.27. The van der Waals surface area contributed by atoms with Crippen LogP contribution in [-0.4, -0.2) is 16.6 Å². The lowest BCUT2D eigenvalue weighted by Crippen LogP contribution is -2.33. The summed E-state index contributed by atoms with van der Waals surface area (Å²) in [7, 11) is 1.97. The van der Waals surface area contributed by atoms with E-state index in [1.165, 1.54) is 0 Å². The molecule has 0 fully saturated rings. The van der Waals surface area contributed by atoms with Gasteiger partial charge in [-0.05, 0) is 18.4 Å². The summed E-state index contributed by atoms with van der Waals surface area (Å²) < 4.78 is 9.65. The number of aryl methyl sites for hydroxylation is 1. The van der Waals surface area contributed by atoms with Gasteiger partial charge in [-0.1, -0.05) is 39.0 Å². The van der Waals surface area contributed by atoms with E-state index in [0.717, 1.165) is 5.56 Å². The van der Waals surface area contributed by atoms with E-state index in [-0.39, 0.29) is 17.5 Å². The SMILES string of the molecule is C[C@@H](OC(=O)c1ccccc1C[n+]1ccn(C)c1)C(C)(C)C. The maximum atomic E-state index is 12.5. The molecule has 1 heterocycles. The van der Waals surface area contributed by atoms with Crippen molar-refractivity contribution in [2.45, 2.75) is 40.3 Å². The number of carbonyl (C=O) groups is 1. The number of hydrogen-bond donors (Lipinski definition) is 0. The quantitative estimate of drug-likeness (QED) is 0.643. The van der Waals surface area contributed by atoms with Crippen molar-refractivity contribution >= 4 is 5.97 Å². The first kappa shape index (κ1) is 16.3. The minimum atomic E-state index is -0.255. The molecule has 0 aliphatic carbocycles. The largest absolute Gasteiger partial charge is 0.459 e. The molecule has 0 spiro atoms. The molecule has 0 bridgehead atoms. The number of rotatable bonds is 4. The normalized spacial score (nSPS) is 13.0. The van der Waals surface area contributed by atoms with Crippen LogP contribution in [0.3, 0.4) is 0 Å². The van der Waals surface area contributed by atoms with E-state index >= 15 is 0 Å². The zero-order chi connectivity index (χ0) is 16.3. The van der Waals surface area contributed by atoms with Crippen molar-refractivity contribution in [1.29, 1.82) is 0 Å².